The Hall–Kier alpha value is -0.950. The largest absolute Gasteiger partial charge is 0.359 e. The number of thioether (sulfide) groups is 1. The maximum Gasteiger partial charge on any atom is 0.220 e. The number of rotatable bonds is 5. The lowest BCUT2D eigenvalue weighted by Crippen LogP contribution is -2.60. The topological polar surface area (TPSA) is 60.0 Å². The molecule has 0 unspecified atom stereocenters. The average molecular weight is 410 g/mol. The Labute approximate surface area is 175 Å². The van der Waals surface area contributed by atoms with Gasteiger partial charge in [-0.2, -0.15) is 11.8 Å². The summed E-state index contributed by atoms with van der Waals surface area (Å²) < 4.78 is 0. The van der Waals surface area contributed by atoms with Gasteiger partial charge in [0.25, 0.3) is 0 Å². The molecule has 0 bridgehead atoms. The van der Waals surface area contributed by atoms with Crippen molar-refractivity contribution in [3.05, 3.63) is 0 Å². The third-order valence-electron chi connectivity index (χ3n) is 6.92. The summed E-state index contributed by atoms with van der Waals surface area (Å²) in [7, 11) is 3.63. The first-order valence-corrected chi connectivity index (χ1v) is 12.3. The van der Waals surface area contributed by atoms with Gasteiger partial charge in [0, 0.05) is 70.3 Å². The SMILES string of the molecule is CN=C(NCC1(N2CCSCC2)CCCCC1)N1CCC(CC(=O)NC)CC1. The molecule has 2 heterocycles. The Bertz CT molecular complexity index is 521. The smallest absolute Gasteiger partial charge is 0.220 e. The highest BCUT2D eigenvalue weighted by Gasteiger charge is 2.38. The van der Waals surface area contributed by atoms with Gasteiger partial charge in [0.15, 0.2) is 5.96 Å². The van der Waals surface area contributed by atoms with E-state index >= 15 is 0 Å². The van der Waals surface area contributed by atoms with Crippen LogP contribution in [-0.2, 0) is 4.79 Å². The van der Waals surface area contributed by atoms with Crippen molar-refractivity contribution in [3.63, 3.8) is 0 Å². The summed E-state index contributed by atoms with van der Waals surface area (Å²) in [6.45, 7) is 5.47. The van der Waals surface area contributed by atoms with E-state index in [-0.39, 0.29) is 5.91 Å². The molecule has 160 valence electrons. The number of hydrogen-bond donors (Lipinski definition) is 2. The number of likely N-dealkylation sites (tertiary alicyclic amines) is 1. The van der Waals surface area contributed by atoms with Crippen LogP contribution in [0.3, 0.4) is 0 Å². The van der Waals surface area contributed by atoms with Gasteiger partial charge in [0.1, 0.15) is 0 Å². The number of nitrogens with one attached hydrogen (secondary N) is 2. The number of amides is 1. The molecule has 0 aromatic rings. The summed E-state index contributed by atoms with van der Waals surface area (Å²) in [5.41, 5.74) is 0.312. The molecule has 0 spiro atoms. The van der Waals surface area contributed by atoms with Gasteiger partial charge in [-0.1, -0.05) is 19.3 Å². The van der Waals surface area contributed by atoms with Gasteiger partial charge in [-0.25, -0.2) is 0 Å². The van der Waals surface area contributed by atoms with Gasteiger partial charge in [0.2, 0.25) is 5.91 Å². The van der Waals surface area contributed by atoms with Gasteiger partial charge in [-0.05, 0) is 31.6 Å². The molecule has 2 N–H and O–H groups in total. The fourth-order valence-electron chi connectivity index (χ4n) is 5.14. The first-order chi connectivity index (χ1) is 13.7. The molecular weight excluding hydrogens is 370 g/mol. The average Bonchev–Trinajstić information content (AvgIpc) is 2.76. The number of piperidine rings is 1. The summed E-state index contributed by atoms with van der Waals surface area (Å²) in [6, 6.07) is 0. The van der Waals surface area contributed by atoms with Crippen molar-refractivity contribution < 1.29 is 4.79 Å². The molecular formula is C21H39N5OS. The van der Waals surface area contributed by atoms with Crippen molar-refractivity contribution in [2.45, 2.75) is 56.9 Å². The predicted octanol–water partition coefficient (Wildman–Crippen LogP) is 2.16. The highest BCUT2D eigenvalue weighted by molar-refractivity contribution is 7.99. The van der Waals surface area contributed by atoms with Gasteiger partial charge >= 0.3 is 0 Å². The summed E-state index contributed by atoms with van der Waals surface area (Å²) in [6.07, 6.45) is 9.53. The van der Waals surface area contributed by atoms with Gasteiger partial charge < -0.3 is 15.5 Å². The van der Waals surface area contributed by atoms with E-state index in [1.54, 1.807) is 7.05 Å². The zero-order valence-corrected chi connectivity index (χ0v) is 18.7. The highest BCUT2D eigenvalue weighted by atomic mass is 32.2. The molecule has 0 aromatic heterocycles. The van der Waals surface area contributed by atoms with Crippen molar-refractivity contribution in [3.8, 4) is 0 Å². The number of hydrogen-bond acceptors (Lipinski definition) is 4. The van der Waals surface area contributed by atoms with E-state index in [1.165, 1.54) is 56.7 Å². The minimum Gasteiger partial charge on any atom is -0.359 e. The Morgan fingerprint density at radius 3 is 2.39 bits per heavy atom. The molecule has 1 amide bonds. The van der Waals surface area contributed by atoms with E-state index < -0.39 is 0 Å². The van der Waals surface area contributed by atoms with E-state index in [4.69, 9.17) is 0 Å². The second-order valence-electron chi connectivity index (χ2n) is 8.59. The third kappa shape index (κ3) is 5.56. The fourth-order valence-corrected chi connectivity index (χ4v) is 6.04. The molecule has 1 aliphatic carbocycles. The first-order valence-electron chi connectivity index (χ1n) is 11.2. The summed E-state index contributed by atoms with van der Waals surface area (Å²) in [5.74, 6) is 4.27. The normalized spacial score (nSPS) is 24.8. The monoisotopic (exact) mass is 409 g/mol. The minimum absolute atomic E-state index is 0.167. The lowest BCUT2D eigenvalue weighted by Gasteiger charge is -2.48. The van der Waals surface area contributed by atoms with Gasteiger partial charge in [0.05, 0.1) is 0 Å². The lowest BCUT2D eigenvalue weighted by molar-refractivity contribution is -0.121. The fraction of sp³-hybridized carbons (Fsp3) is 0.905. The van der Waals surface area contributed by atoms with Crippen LogP contribution in [-0.4, -0.2) is 85.5 Å². The standard InChI is InChI=1S/C21H39N5OS/c1-22-19(27)16-18-6-10-25(11-7-18)20(23-2)24-17-21(8-4-3-5-9-21)26-12-14-28-15-13-26/h18H,3-17H2,1-2H3,(H,22,27)(H,23,24). The maximum atomic E-state index is 11.6. The van der Waals surface area contributed by atoms with E-state index in [0.29, 0.717) is 17.9 Å². The minimum atomic E-state index is 0.167. The van der Waals surface area contributed by atoms with Crippen LogP contribution in [0.4, 0.5) is 0 Å². The van der Waals surface area contributed by atoms with Crippen LogP contribution >= 0.6 is 11.8 Å². The van der Waals surface area contributed by atoms with E-state index in [2.05, 4.69) is 37.2 Å². The molecule has 0 aromatic carbocycles. The Kier molecular flexibility index (Phi) is 8.33. The number of carbonyl (C=O) groups excluding carboxylic acids is 1. The zero-order chi connectivity index (χ0) is 19.8. The molecule has 0 atom stereocenters. The second-order valence-corrected chi connectivity index (χ2v) is 9.82. The first kappa shape index (κ1) is 21.8. The van der Waals surface area contributed by atoms with E-state index in [1.807, 2.05) is 7.05 Å². The van der Waals surface area contributed by atoms with Crippen LogP contribution in [0.2, 0.25) is 0 Å². The number of guanidine groups is 1. The molecule has 0 radical (unpaired) electrons. The van der Waals surface area contributed by atoms with Crippen molar-refractivity contribution in [2.24, 2.45) is 10.9 Å². The molecule has 28 heavy (non-hydrogen) atoms. The quantitative estimate of drug-likeness (QED) is 0.538. The Morgan fingerprint density at radius 2 is 1.79 bits per heavy atom. The maximum absolute atomic E-state index is 11.6. The zero-order valence-electron chi connectivity index (χ0n) is 17.8. The summed E-state index contributed by atoms with van der Waals surface area (Å²) >= 11 is 2.10. The van der Waals surface area contributed by atoms with Crippen molar-refractivity contribution in [2.75, 3.05) is 58.3 Å². The van der Waals surface area contributed by atoms with Gasteiger partial charge in [-0.3, -0.25) is 14.7 Å². The second kappa shape index (κ2) is 10.7. The molecule has 3 fully saturated rings. The molecule has 2 saturated heterocycles. The summed E-state index contributed by atoms with van der Waals surface area (Å²) in [5, 5.41) is 6.52. The van der Waals surface area contributed by atoms with Crippen LogP contribution in [0.15, 0.2) is 4.99 Å². The predicted molar refractivity (Wildman–Crippen MR) is 119 cm³/mol. The van der Waals surface area contributed by atoms with Crippen LogP contribution < -0.4 is 10.6 Å². The van der Waals surface area contributed by atoms with Gasteiger partial charge in [-0.15, -0.1) is 0 Å². The number of nitrogens with zero attached hydrogens (tertiary/aromatic N) is 3. The number of carbonyl (C=O) groups is 1. The highest BCUT2D eigenvalue weighted by Crippen LogP contribution is 2.35. The molecule has 1 saturated carbocycles. The third-order valence-corrected chi connectivity index (χ3v) is 7.86. The van der Waals surface area contributed by atoms with Crippen LogP contribution in [0.25, 0.3) is 0 Å². The Morgan fingerprint density at radius 1 is 1.11 bits per heavy atom. The van der Waals surface area contributed by atoms with E-state index in [0.717, 1.165) is 38.4 Å². The molecule has 7 heteroatoms. The lowest BCUT2D eigenvalue weighted by atomic mass is 9.80. The number of aliphatic imine (C=N–C) groups is 1. The summed E-state index contributed by atoms with van der Waals surface area (Å²) in [4.78, 5) is 21.4. The molecule has 3 aliphatic rings. The van der Waals surface area contributed by atoms with Crippen LogP contribution in [0.1, 0.15) is 51.4 Å². The molecule has 2 aliphatic heterocycles. The molecule has 6 nitrogen and oxygen atoms in total. The van der Waals surface area contributed by atoms with Crippen LogP contribution in [0, 0.1) is 5.92 Å². The van der Waals surface area contributed by atoms with Crippen molar-refractivity contribution in [1.29, 1.82) is 0 Å². The van der Waals surface area contributed by atoms with Crippen LogP contribution in [0.5, 0.6) is 0 Å². The van der Waals surface area contributed by atoms with E-state index in [9.17, 15) is 4.79 Å². The van der Waals surface area contributed by atoms with Crippen molar-refractivity contribution in [1.82, 2.24) is 20.4 Å². The molecule has 3 rings (SSSR count). The van der Waals surface area contributed by atoms with Crippen molar-refractivity contribution >= 4 is 23.6 Å². The Balaban J connectivity index is 1.54.